The number of rotatable bonds is 5. The van der Waals surface area contributed by atoms with Gasteiger partial charge in [-0.15, -0.1) is 0 Å². The third-order valence-corrected chi connectivity index (χ3v) is 4.56. The lowest BCUT2D eigenvalue weighted by Gasteiger charge is -2.05. The molecule has 3 rings (SSSR count). The van der Waals surface area contributed by atoms with Crippen molar-refractivity contribution in [2.75, 3.05) is 4.72 Å². The molecule has 10 heteroatoms. The molecule has 0 aliphatic rings. The number of nitro groups is 1. The molecule has 2 aromatic heterocycles. The predicted octanol–water partition coefficient (Wildman–Crippen LogP) is 2.18. The summed E-state index contributed by atoms with van der Waals surface area (Å²) in [5.41, 5.74) is 0.848. The molecule has 0 radical (unpaired) electrons. The van der Waals surface area contributed by atoms with E-state index < -0.39 is 25.5 Å². The highest BCUT2D eigenvalue weighted by Gasteiger charge is 2.25. The summed E-state index contributed by atoms with van der Waals surface area (Å²) in [5, 5.41) is 17.6. The highest BCUT2D eigenvalue weighted by molar-refractivity contribution is 7.92. The smallest absolute Gasteiger partial charge is 0.276 e. The van der Waals surface area contributed by atoms with Crippen molar-refractivity contribution >= 4 is 21.5 Å². The number of pyridine rings is 1. The number of sulfonamides is 1. The number of aromatic nitrogens is 3. The number of para-hydroxylation sites is 1. The first-order valence-electron chi connectivity index (χ1n) is 6.69. The van der Waals surface area contributed by atoms with E-state index in [4.69, 9.17) is 0 Å². The summed E-state index contributed by atoms with van der Waals surface area (Å²) in [5.74, 6) is 0.0277. The molecule has 0 amide bonds. The lowest BCUT2D eigenvalue weighted by Crippen LogP contribution is -2.14. The second-order valence-electron chi connectivity index (χ2n) is 4.73. The van der Waals surface area contributed by atoms with Gasteiger partial charge in [-0.3, -0.25) is 24.9 Å². The van der Waals surface area contributed by atoms with Crippen molar-refractivity contribution in [3.05, 3.63) is 65.0 Å². The first-order chi connectivity index (χ1) is 11.5. The molecule has 0 saturated carbocycles. The topological polar surface area (TPSA) is 131 Å². The minimum Gasteiger partial charge on any atom is -0.276 e. The summed E-state index contributed by atoms with van der Waals surface area (Å²) in [4.78, 5) is 13.7. The summed E-state index contributed by atoms with van der Waals surface area (Å²) in [6, 6.07) is 10.0. The Hall–Kier alpha value is -3.27. The maximum Gasteiger partial charge on any atom is 0.289 e. The van der Waals surface area contributed by atoms with Gasteiger partial charge in [-0.05, 0) is 18.2 Å². The molecular weight excluding hydrogens is 334 g/mol. The SMILES string of the molecule is O=[N+]([O-])c1ccccc1S(=O)(=O)Nc1cc(-c2ccncc2)[nH]n1. The molecule has 24 heavy (non-hydrogen) atoms. The predicted molar refractivity (Wildman–Crippen MR) is 85.7 cm³/mol. The fourth-order valence-corrected chi connectivity index (χ4v) is 3.25. The van der Waals surface area contributed by atoms with Crippen LogP contribution >= 0.6 is 0 Å². The van der Waals surface area contributed by atoms with Crippen molar-refractivity contribution in [3.63, 3.8) is 0 Å². The number of H-pyrrole nitrogens is 1. The second kappa shape index (κ2) is 6.08. The summed E-state index contributed by atoms with van der Waals surface area (Å²) >= 11 is 0. The normalized spacial score (nSPS) is 11.2. The van der Waals surface area contributed by atoms with E-state index in [1.165, 1.54) is 18.2 Å². The molecule has 0 aliphatic carbocycles. The molecule has 0 spiro atoms. The van der Waals surface area contributed by atoms with Gasteiger partial charge in [-0.25, -0.2) is 8.42 Å². The largest absolute Gasteiger partial charge is 0.289 e. The van der Waals surface area contributed by atoms with Gasteiger partial charge in [-0.1, -0.05) is 12.1 Å². The van der Waals surface area contributed by atoms with E-state index in [0.717, 1.165) is 17.7 Å². The summed E-state index contributed by atoms with van der Waals surface area (Å²) in [7, 11) is -4.14. The molecule has 3 aromatic rings. The van der Waals surface area contributed by atoms with E-state index in [-0.39, 0.29) is 5.82 Å². The summed E-state index contributed by atoms with van der Waals surface area (Å²) < 4.78 is 27.0. The Labute approximate surface area is 136 Å². The Bertz CT molecular complexity index is 985. The van der Waals surface area contributed by atoms with Crippen LogP contribution in [0.3, 0.4) is 0 Å². The van der Waals surface area contributed by atoms with Gasteiger partial charge in [0.1, 0.15) is 0 Å². The molecule has 122 valence electrons. The molecule has 1 aromatic carbocycles. The van der Waals surface area contributed by atoms with Gasteiger partial charge in [-0.2, -0.15) is 5.10 Å². The fourth-order valence-electron chi connectivity index (χ4n) is 2.08. The first kappa shape index (κ1) is 15.6. The number of nitrogens with zero attached hydrogens (tertiary/aromatic N) is 3. The van der Waals surface area contributed by atoms with E-state index in [1.54, 1.807) is 24.5 Å². The van der Waals surface area contributed by atoms with E-state index in [2.05, 4.69) is 19.9 Å². The van der Waals surface area contributed by atoms with Crippen molar-refractivity contribution in [3.8, 4) is 11.3 Å². The minimum absolute atomic E-state index is 0.0277. The molecule has 0 bridgehead atoms. The van der Waals surface area contributed by atoms with Crippen LogP contribution in [0.25, 0.3) is 11.3 Å². The number of hydrogen-bond acceptors (Lipinski definition) is 6. The Balaban J connectivity index is 1.91. The average Bonchev–Trinajstić information content (AvgIpc) is 3.03. The van der Waals surface area contributed by atoms with E-state index in [9.17, 15) is 18.5 Å². The van der Waals surface area contributed by atoms with E-state index >= 15 is 0 Å². The molecular formula is C14H11N5O4S. The summed E-state index contributed by atoms with van der Waals surface area (Å²) in [6.07, 6.45) is 3.18. The van der Waals surface area contributed by atoms with Gasteiger partial charge in [0.15, 0.2) is 10.7 Å². The maximum atomic E-state index is 12.4. The Kier molecular flexibility index (Phi) is 3.96. The highest BCUT2D eigenvalue weighted by atomic mass is 32.2. The van der Waals surface area contributed by atoms with Gasteiger partial charge >= 0.3 is 0 Å². The van der Waals surface area contributed by atoms with Crippen LogP contribution in [0.5, 0.6) is 0 Å². The van der Waals surface area contributed by atoms with E-state index in [0.29, 0.717) is 5.69 Å². The van der Waals surface area contributed by atoms with Gasteiger partial charge < -0.3 is 0 Å². The monoisotopic (exact) mass is 345 g/mol. The zero-order valence-electron chi connectivity index (χ0n) is 12.1. The van der Waals surface area contributed by atoms with Gasteiger partial charge in [0.25, 0.3) is 15.7 Å². The fraction of sp³-hybridized carbons (Fsp3) is 0. The highest BCUT2D eigenvalue weighted by Crippen LogP contribution is 2.26. The number of nitrogens with one attached hydrogen (secondary N) is 2. The van der Waals surface area contributed by atoms with Crippen LogP contribution in [0.2, 0.25) is 0 Å². The molecule has 0 atom stereocenters. The van der Waals surface area contributed by atoms with E-state index in [1.807, 2.05) is 0 Å². The van der Waals surface area contributed by atoms with Crippen LogP contribution in [0.4, 0.5) is 11.5 Å². The van der Waals surface area contributed by atoms with Gasteiger partial charge in [0.05, 0.1) is 10.6 Å². The van der Waals surface area contributed by atoms with Crippen molar-refractivity contribution in [1.29, 1.82) is 0 Å². The maximum absolute atomic E-state index is 12.4. The average molecular weight is 345 g/mol. The second-order valence-corrected chi connectivity index (χ2v) is 6.38. The quantitative estimate of drug-likeness (QED) is 0.538. The Morgan fingerprint density at radius 2 is 1.83 bits per heavy atom. The molecule has 0 fully saturated rings. The number of aromatic amines is 1. The third kappa shape index (κ3) is 3.08. The lowest BCUT2D eigenvalue weighted by molar-refractivity contribution is -0.387. The Morgan fingerprint density at radius 1 is 1.12 bits per heavy atom. The molecule has 0 saturated heterocycles. The van der Waals surface area contributed by atoms with Crippen molar-refractivity contribution in [2.24, 2.45) is 0 Å². The van der Waals surface area contributed by atoms with Crippen LogP contribution in [0, 0.1) is 10.1 Å². The molecule has 2 heterocycles. The molecule has 0 aliphatic heterocycles. The van der Waals surface area contributed by atoms with Crippen molar-refractivity contribution in [1.82, 2.24) is 15.2 Å². The molecule has 2 N–H and O–H groups in total. The number of hydrogen-bond donors (Lipinski definition) is 2. The molecule has 9 nitrogen and oxygen atoms in total. The van der Waals surface area contributed by atoms with Crippen LogP contribution in [-0.4, -0.2) is 28.5 Å². The van der Waals surface area contributed by atoms with Crippen molar-refractivity contribution < 1.29 is 13.3 Å². The zero-order chi connectivity index (χ0) is 17.2. The van der Waals surface area contributed by atoms with Crippen LogP contribution in [0.1, 0.15) is 0 Å². The standard InChI is InChI=1S/C14H11N5O4S/c20-19(21)12-3-1-2-4-13(12)24(22,23)18-14-9-11(16-17-14)10-5-7-15-8-6-10/h1-9H,(H2,16,17,18). The Morgan fingerprint density at radius 3 is 2.54 bits per heavy atom. The van der Waals surface area contributed by atoms with Crippen LogP contribution < -0.4 is 4.72 Å². The van der Waals surface area contributed by atoms with Crippen molar-refractivity contribution in [2.45, 2.75) is 4.90 Å². The lowest BCUT2D eigenvalue weighted by atomic mass is 10.2. The van der Waals surface area contributed by atoms with Crippen LogP contribution in [-0.2, 0) is 10.0 Å². The van der Waals surface area contributed by atoms with Gasteiger partial charge in [0, 0.05) is 30.1 Å². The van der Waals surface area contributed by atoms with Crippen LogP contribution in [0.15, 0.2) is 59.8 Å². The number of anilines is 1. The number of nitro benzene ring substituents is 1. The zero-order valence-corrected chi connectivity index (χ0v) is 12.9. The molecule has 0 unspecified atom stereocenters. The van der Waals surface area contributed by atoms with Gasteiger partial charge in [0.2, 0.25) is 0 Å². The first-order valence-corrected chi connectivity index (χ1v) is 8.18. The third-order valence-electron chi connectivity index (χ3n) is 3.16. The summed E-state index contributed by atoms with van der Waals surface area (Å²) in [6.45, 7) is 0. The number of benzene rings is 1. The minimum atomic E-state index is -4.14.